The second kappa shape index (κ2) is 5.59. The van der Waals surface area contributed by atoms with Crippen LogP contribution in [-0.2, 0) is 10.0 Å². The molecule has 2 amide bonds. The largest absolute Gasteiger partial charge is 0.323 e. The Labute approximate surface area is 145 Å². The lowest BCUT2D eigenvalue weighted by molar-refractivity contribution is 0.152. The number of urea groups is 1. The maximum absolute atomic E-state index is 12.7. The molecular formula is C17H29N3O3S. The van der Waals surface area contributed by atoms with Crippen LogP contribution in [0.4, 0.5) is 4.79 Å². The van der Waals surface area contributed by atoms with Crippen LogP contribution in [0, 0.1) is 5.92 Å². The van der Waals surface area contributed by atoms with Crippen LogP contribution in [0.1, 0.15) is 58.3 Å². The van der Waals surface area contributed by atoms with Gasteiger partial charge >= 0.3 is 6.03 Å². The summed E-state index contributed by atoms with van der Waals surface area (Å²) in [6.45, 7) is 2.83. The molecule has 24 heavy (non-hydrogen) atoms. The van der Waals surface area contributed by atoms with E-state index < -0.39 is 10.0 Å². The average Bonchev–Trinajstić information content (AvgIpc) is 3.15. The third-order valence-corrected chi connectivity index (χ3v) is 8.77. The molecule has 4 rings (SSSR count). The van der Waals surface area contributed by atoms with E-state index in [0.717, 1.165) is 25.8 Å². The molecule has 3 aliphatic carbocycles. The first-order chi connectivity index (χ1) is 11.3. The van der Waals surface area contributed by atoms with Gasteiger partial charge in [0.25, 0.3) is 0 Å². The summed E-state index contributed by atoms with van der Waals surface area (Å²) in [5, 5.41) is -0.366. The molecule has 0 bridgehead atoms. The molecule has 3 unspecified atom stereocenters. The Balaban J connectivity index is 1.45. The van der Waals surface area contributed by atoms with E-state index in [1.165, 1.54) is 19.3 Å². The van der Waals surface area contributed by atoms with Crippen LogP contribution in [0.15, 0.2) is 0 Å². The molecule has 7 heteroatoms. The molecule has 0 radical (unpaired) electrons. The van der Waals surface area contributed by atoms with Gasteiger partial charge in [-0.2, -0.15) is 0 Å². The fourth-order valence-corrected chi connectivity index (χ4v) is 6.48. The normalized spacial score (nSPS) is 35.8. The summed E-state index contributed by atoms with van der Waals surface area (Å²) in [5.74, 6) is 0.652. The van der Waals surface area contributed by atoms with Gasteiger partial charge in [-0.25, -0.2) is 17.9 Å². The lowest BCUT2D eigenvalue weighted by Crippen LogP contribution is -2.50. The van der Waals surface area contributed by atoms with E-state index in [1.807, 2.05) is 18.9 Å². The van der Waals surface area contributed by atoms with Crippen LogP contribution in [-0.4, -0.2) is 60.7 Å². The van der Waals surface area contributed by atoms with Crippen molar-refractivity contribution in [3.05, 3.63) is 0 Å². The highest BCUT2D eigenvalue weighted by molar-refractivity contribution is 7.90. The number of sulfonamides is 1. The zero-order valence-electron chi connectivity index (χ0n) is 14.7. The Bertz CT molecular complexity index is 627. The predicted octanol–water partition coefficient (Wildman–Crippen LogP) is 1.92. The number of fused-ring (bicyclic) bond motifs is 1. The second-order valence-corrected chi connectivity index (χ2v) is 10.6. The molecule has 1 aliphatic heterocycles. The van der Waals surface area contributed by atoms with Crippen molar-refractivity contribution in [3.8, 4) is 0 Å². The molecule has 3 atom stereocenters. The molecule has 1 saturated heterocycles. The molecule has 1 N–H and O–H groups in total. The van der Waals surface area contributed by atoms with Gasteiger partial charge in [0.2, 0.25) is 10.0 Å². The molecule has 0 aromatic heterocycles. The quantitative estimate of drug-likeness (QED) is 0.819. The summed E-state index contributed by atoms with van der Waals surface area (Å²) in [7, 11) is -1.46. The van der Waals surface area contributed by atoms with Gasteiger partial charge < -0.3 is 9.80 Å². The van der Waals surface area contributed by atoms with Crippen molar-refractivity contribution >= 4 is 16.1 Å². The zero-order chi connectivity index (χ0) is 17.1. The Kier molecular flexibility index (Phi) is 3.88. The van der Waals surface area contributed by atoms with Gasteiger partial charge in [-0.1, -0.05) is 6.42 Å². The first kappa shape index (κ1) is 16.6. The van der Waals surface area contributed by atoms with Crippen LogP contribution < -0.4 is 4.72 Å². The number of carbonyl (C=O) groups excluding carboxylic acids is 1. The van der Waals surface area contributed by atoms with Crippen molar-refractivity contribution in [3.63, 3.8) is 0 Å². The zero-order valence-corrected chi connectivity index (χ0v) is 15.5. The van der Waals surface area contributed by atoms with Gasteiger partial charge in [0.1, 0.15) is 0 Å². The minimum atomic E-state index is -3.30. The monoisotopic (exact) mass is 355 g/mol. The van der Waals surface area contributed by atoms with E-state index in [4.69, 9.17) is 0 Å². The fraction of sp³-hybridized carbons (Fsp3) is 0.941. The van der Waals surface area contributed by atoms with E-state index in [9.17, 15) is 13.2 Å². The molecule has 4 fully saturated rings. The van der Waals surface area contributed by atoms with Gasteiger partial charge in [0.15, 0.2) is 0 Å². The topological polar surface area (TPSA) is 69.7 Å². The number of rotatable bonds is 5. The van der Waals surface area contributed by atoms with Gasteiger partial charge in [0.05, 0.1) is 17.3 Å². The number of likely N-dealkylation sites (N-methyl/N-ethyl adjacent to an activating group) is 1. The van der Waals surface area contributed by atoms with E-state index >= 15 is 0 Å². The summed E-state index contributed by atoms with van der Waals surface area (Å²) >= 11 is 0. The summed E-state index contributed by atoms with van der Waals surface area (Å²) in [6.07, 6.45) is 7.62. The van der Waals surface area contributed by atoms with Crippen LogP contribution in [0.5, 0.6) is 0 Å². The number of nitrogens with one attached hydrogen (secondary N) is 1. The third kappa shape index (κ3) is 2.83. The van der Waals surface area contributed by atoms with Crippen LogP contribution in [0.25, 0.3) is 0 Å². The number of nitrogens with zero attached hydrogens (tertiary/aromatic N) is 2. The first-order valence-corrected chi connectivity index (χ1v) is 10.9. The van der Waals surface area contributed by atoms with Crippen LogP contribution >= 0.6 is 0 Å². The molecule has 0 aromatic rings. The standard InChI is InChI=1S/C17H29N3O3S/c1-17(8-9-17)18-24(22,23)13-6-7-14-15(10-13)19(2)16(21)20(14)11-12-4-3-5-12/h12-15,18H,3-11H2,1-2H3. The maximum Gasteiger partial charge on any atom is 0.320 e. The highest BCUT2D eigenvalue weighted by Gasteiger charge is 2.51. The summed E-state index contributed by atoms with van der Waals surface area (Å²) in [6, 6.07) is 0.336. The smallest absolute Gasteiger partial charge is 0.320 e. The SMILES string of the molecule is CN1C(=O)N(CC2CCC2)C2CCC(S(=O)(=O)NC3(C)CC3)CC21. The number of amides is 2. The molecule has 4 aliphatic rings. The Morgan fingerprint density at radius 3 is 2.46 bits per heavy atom. The average molecular weight is 356 g/mol. The van der Waals surface area contributed by atoms with Crippen molar-refractivity contribution in [2.45, 2.75) is 81.2 Å². The van der Waals surface area contributed by atoms with Crippen LogP contribution in [0.3, 0.4) is 0 Å². The minimum absolute atomic E-state index is 0.0416. The van der Waals surface area contributed by atoms with E-state index in [-0.39, 0.29) is 28.9 Å². The first-order valence-electron chi connectivity index (χ1n) is 9.35. The highest BCUT2D eigenvalue weighted by atomic mass is 32.2. The second-order valence-electron chi connectivity index (χ2n) is 8.62. The lowest BCUT2D eigenvalue weighted by Gasteiger charge is -2.37. The highest BCUT2D eigenvalue weighted by Crippen LogP contribution is 2.40. The fourth-order valence-electron chi connectivity index (χ4n) is 4.52. The minimum Gasteiger partial charge on any atom is -0.323 e. The molecule has 6 nitrogen and oxygen atoms in total. The third-order valence-electron chi connectivity index (χ3n) is 6.69. The summed E-state index contributed by atoms with van der Waals surface area (Å²) in [5.41, 5.74) is -0.219. The molecule has 0 spiro atoms. The van der Waals surface area contributed by atoms with Crippen molar-refractivity contribution in [2.75, 3.05) is 13.6 Å². The number of carbonyl (C=O) groups is 1. The lowest BCUT2D eigenvalue weighted by atomic mass is 9.84. The molecule has 0 aromatic carbocycles. The van der Waals surface area contributed by atoms with Crippen molar-refractivity contribution in [2.24, 2.45) is 5.92 Å². The molecular weight excluding hydrogens is 326 g/mol. The van der Waals surface area contributed by atoms with Gasteiger partial charge in [-0.15, -0.1) is 0 Å². The number of hydrogen-bond acceptors (Lipinski definition) is 3. The maximum atomic E-state index is 12.7. The van der Waals surface area contributed by atoms with E-state index in [2.05, 4.69) is 4.72 Å². The van der Waals surface area contributed by atoms with Crippen molar-refractivity contribution < 1.29 is 13.2 Å². The van der Waals surface area contributed by atoms with Gasteiger partial charge in [0, 0.05) is 19.1 Å². The summed E-state index contributed by atoms with van der Waals surface area (Å²) in [4.78, 5) is 16.5. The number of hydrogen-bond donors (Lipinski definition) is 1. The van der Waals surface area contributed by atoms with Crippen molar-refractivity contribution in [1.29, 1.82) is 0 Å². The molecule has 3 saturated carbocycles. The summed E-state index contributed by atoms with van der Waals surface area (Å²) < 4.78 is 28.3. The van der Waals surface area contributed by atoms with E-state index in [0.29, 0.717) is 18.8 Å². The van der Waals surface area contributed by atoms with Crippen LogP contribution in [0.2, 0.25) is 0 Å². The Morgan fingerprint density at radius 2 is 1.88 bits per heavy atom. The van der Waals surface area contributed by atoms with E-state index in [1.54, 1.807) is 4.90 Å². The van der Waals surface area contributed by atoms with Crippen molar-refractivity contribution in [1.82, 2.24) is 14.5 Å². The molecule has 136 valence electrons. The van der Waals surface area contributed by atoms with Gasteiger partial charge in [-0.3, -0.25) is 0 Å². The predicted molar refractivity (Wildman–Crippen MR) is 92.1 cm³/mol. The van der Waals surface area contributed by atoms with Gasteiger partial charge in [-0.05, 0) is 57.8 Å². The molecule has 1 heterocycles. The Hall–Kier alpha value is -0.820. The Morgan fingerprint density at radius 1 is 1.17 bits per heavy atom.